The van der Waals surface area contributed by atoms with Gasteiger partial charge in [0.15, 0.2) is 0 Å². The number of nitriles is 1. The van der Waals surface area contributed by atoms with Crippen molar-refractivity contribution in [1.29, 1.82) is 5.26 Å². The van der Waals surface area contributed by atoms with Gasteiger partial charge in [0.05, 0.1) is 30.4 Å². The minimum Gasteiger partial charge on any atom is -0.346 e. The van der Waals surface area contributed by atoms with Gasteiger partial charge in [0.1, 0.15) is 12.0 Å². The maximum absolute atomic E-state index is 8.83. The zero-order valence-corrected chi connectivity index (χ0v) is 12.9. The van der Waals surface area contributed by atoms with E-state index in [0.29, 0.717) is 18.9 Å². The summed E-state index contributed by atoms with van der Waals surface area (Å²) in [5, 5.41) is 14.6. The van der Waals surface area contributed by atoms with E-state index in [1.807, 2.05) is 23.1 Å². The first-order valence-electron chi connectivity index (χ1n) is 8.09. The highest BCUT2D eigenvalue weighted by atomic mass is 15.3. The SMILES string of the molecule is N#CCCn1cc(-c2ncnc3[nH]ccc23)c(C2CCCC2)n1. The number of aryl methyl sites for hydroxylation is 1. The molecule has 0 bridgehead atoms. The number of hydrogen-bond donors (Lipinski definition) is 1. The first-order valence-corrected chi connectivity index (χ1v) is 8.09. The minimum atomic E-state index is 0.467. The van der Waals surface area contributed by atoms with Crippen LogP contribution in [0.5, 0.6) is 0 Å². The largest absolute Gasteiger partial charge is 0.346 e. The molecule has 116 valence electrons. The van der Waals surface area contributed by atoms with Crippen molar-refractivity contribution in [3.63, 3.8) is 0 Å². The normalized spacial score (nSPS) is 15.3. The number of nitrogens with one attached hydrogen (secondary N) is 1. The third-order valence-corrected chi connectivity index (χ3v) is 4.59. The number of H-pyrrole nitrogens is 1. The predicted octanol–water partition coefficient (Wildman–Crippen LogP) is 3.39. The van der Waals surface area contributed by atoms with Gasteiger partial charge in [0, 0.05) is 29.3 Å². The summed E-state index contributed by atoms with van der Waals surface area (Å²) < 4.78 is 1.90. The zero-order valence-electron chi connectivity index (χ0n) is 12.9. The van der Waals surface area contributed by atoms with E-state index in [0.717, 1.165) is 28.0 Å². The van der Waals surface area contributed by atoms with Gasteiger partial charge in [0.2, 0.25) is 0 Å². The number of rotatable bonds is 4. The van der Waals surface area contributed by atoms with Crippen molar-refractivity contribution >= 4 is 11.0 Å². The molecule has 0 aliphatic heterocycles. The first kappa shape index (κ1) is 13.9. The Morgan fingerprint density at radius 2 is 2.17 bits per heavy atom. The summed E-state index contributed by atoms with van der Waals surface area (Å²) >= 11 is 0. The molecule has 0 unspecified atom stereocenters. The van der Waals surface area contributed by atoms with Crippen LogP contribution >= 0.6 is 0 Å². The molecule has 1 aliphatic carbocycles. The fourth-order valence-electron chi connectivity index (χ4n) is 3.49. The third-order valence-electron chi connectivity index (χ3n) is 4.59. The van der Waals surface area contributed by atoms with Crippen LogP contribution in [-0.2, 0) is 6.54 Å². The molecule has 1 N–H and O–H groups in total. The van der Waals surface area contributed by atoms with E-state index in [1.54, 1.807) is 6.33 Å². The van der Waals surface area contributed by atoms with E-state index in [4.69, 9.17) is 10.4 Å². The van der Waals surface area contributed by atoms with Gasteiger partial charge in [-0.3, -0.25) is 4.68 Å². The molecular formula is C17H18N6. The van der Waals surface area contributed by atoms with E-state index >= 15 is 0 Å². The second-order valence-electron chi connectivity index (χ2n) is 6.04. The summed E-state index contributed by atoms with van der Waals surface area (Å²) in [7, 11) is 0. The molecule has 6 heteroatoms. The fraction of sp³-hybridized carbons (Fsp3) is 0.412. The molecule has 1 fully saturated rings. The van der Waals surface area contributed by atoms with Crippen molar-refractivity contribution in [3.8, 4) is 17.3 Å². The summed E-state index contributed by atoms with van der Waals surface area (Å²) in [5.74, 6) is 0.497. The van der Waals surface area contributed by atoms with Crippen LogP contribution in [0.15, 0.2) is 24.8 Å². The van der Waals surface area contributed by atoms with Gasteiger partial charge >= 0.3 is 0 Å². The van der Waals surface area contributed by atoms with E-state index in [1.165, 1.54) is 25.7 Å². The number of hydrogen-bond acceptors (Lipinski definition) is 4. The van der Waals surface area contributed by atoms with Crippen molar-refractivity contribution in [2.45, 2.75) is 44.6 Å². The summed E-state index contributed by atoms with van der Waals surface area (Å²) in [6, 6.07) is 4.20. The standard InChI is InChI=1S/C17H18N6/c18-7-3-9-23-10-14(15(22-23)12-4-1-2-5-12)16-13-6-8-19-17(13)21-11-20-16/h6,8,10-12H,1-5,9H2,(H,19,20,21). The van der Waals surface area contributed by atoms with Gasteiger partial charge in [-0.25, -0.2) is 9.97 Å². The molecule has 0 aromatic carbocycles. The third kappa shape index (κ3) is 2.48. The molecule has 0 spiro atoms. The van der Waals surface area contributed by atoms with Crippen molar-refractivity contribution in [1.82, 2.24) is 24.7 Å². The Morgan fingerprint density at radius 1 is 1.30 bits per heavy atom. The van der Waals surface area contributed by atoms with Crippen molar-refractivity contribution < 1.29 is 0 Å². The highest BCUT2D eigenvalue weighted by Gasteiger charge is 2.25. The Kier molecular flexibility index (Phi) is 3.54. The quantitative estimate of drug-likeness (QED) is 0.800. The van der Waals surface area contributed by atoms with Gasteiger partial charge in [-0.15, -0.1) is 0 Å². The topological polar surface area (TPSA) is 83.2 Å². The van der Waals surface area contributed by atoms with Crippen molar-refractivity contribution in [2.24, 2.45) is 0 Å². The zero-order chi connectivity index (χ0) is 15.6. The Labute approximate surface area is 134 Å². The van der Waals surface area contributed by atoms with Crippen molar-refractivity contribution in [2.75, 3.05) is 0 Å². The highest BCUT2D eigenvalue weighted by Crippen LogP contribution is 2.39. The molecule has 3 aromatic rings. The lowest BCUT2D eigenvalue weighted by Crippen LogP contribution is -2.01. The molecular weight excluding hydrogens is 288 g/mol. The van der Waals surface area contributed by atoms with E-state index in [2.05, 4.69) is 21.0 Å². The summed E-state index contributed by atoms with van der Waals surface area (Å²) in [4.78, 5) is 11.9. The van der Waals surface area contributed by atoms with Gasteiger partial charge in [-0.05, 0) is 18.9 Å². The Balaban J connectivity index is 1.84. The predicted molar refractivity (Wildman–Crippen MR) is 86.5 cm³/mol. The second-order valence-corrected chi connectivity index (χ2v) is 6.04. The van der Waals surface area contributed by atoms with Crippen molar-refractivity contribution in [3.05, 3.63) is 30.5 Å². The summed E-state index contributed by atoms with van der Waals surface area (Å²) in [6.07, 6.45) is 10.9. The van der Waals surface area contributed by atoms with Crippen LogP contribution in [0.4, 0.5) is 0 Å². The Hall–Kier alpha value is -2.68. The summed E-state index contributed by atoms with van der Waals surface area (Å²) in [5.41, 5.74) is 3.99. The molecule has 3 aromatic heterocycles. The molecule has 0 radical (unpaired) electrons. The van der Waals surface area contributed by atoms with Crippen LogP contribution in [0.3, 0.4) is 0 Å². The lowest BCUT2D eigenvalue weighted by molar-refractivity contribution is 0.594. The molecule has 4 rings (SSSR count). The van der Waals surface area contributed by atoms with Gasteiger partial charge in [-0.1, -0.05) is 12.8 Å². The summed E-state index contributed by atoms with van der Waals surface area (Å²) in [6.45, 7) is 0.623. The molecule has 1 saturated carbocycles. The molecule has 0 atom stereocenters. The number of aromatic nitrogens is 5. The number of aromatic amines is 1. The highest BCUT2D eigenvalue weighted by molar-refractivity contribution is 5.91. The van der Waals surface area contributed by atoms with Crippen LogP contribution in [0.2, 0.25) is 0 Å². The van der Waals surface area contributed by atoms with E-state index in [9.17, 15) is 0 Å². The van der Waals surface area contributed by atoms with Crippen LogP contribution < -0.4 is 0 Å². The van der Waals surface area contributed by atoms with Crippen LogP contribution in [-0.4, -0.2) is 24.7 Å². The number of fused-ring (bicyclic) bond motifs is 1. The average Bonchev–Trinajstić information content (AvgIpc) is 3.30. The van der Waals surface area contributed by atoms with Gasteiger partial charge < -0.3 is 4.98 Å². The van der Waals surface area contributed by atoms with Gasteiger partial charge in [0.25, 0.3) is 0 Å². The van der Waals surface area contributed by atoms with Crippen LogP contribution in [0.1, 0.15) is 43.7 Å². The molecule has 23 heavy (non-hydrogen) atoms. The van der Waals surface area contributed by atoms with Crippen LogP contribution in [0.25, 0.3) is 22.3 Å². The molecule has 0 amide bonds. The second kappa shape index (κ2) is 5.84. The van der Waals surface area contributed by atoms with E-state index in [-0.39, 0.29) is 0 Å². The molecule has 6 nitrogen and oxygen atoms in total. The monoisotopic (exact) mass is 306 g/mol. The fourth-order valence-corrected chi connectivity index (χ4v) is 3.49. The lowest BCUT2D eigenvalue weighted by Gasteiger charge is -2.08. The molecule has 1 aliphatic rings. The lowest BCUT2D eigenvalue weighted by atomic mass is 9.98. The maximum atomic E-state index is 8.83. The maximum Gasteiger partial charge on any atom is 0.141 e. The molecule has 0 saturated heterocycles. The minimum absolute atomic E-state index is 0.467. The first-order chi connectivity index (χ1) is 11.4. The van der Waals surface area contributed by atoms with Gasteiger partial charge in [-0.2, -0.15) is 10.4 Å². The smallest absolute Gasteiger partial charge is 0.141 e. The van der Waals surface area contributed by atoms with Crippen LogP contribution in [0, 0.1) is 11.3 Å². The number of nitrogens with zero attached hydrogens (tertiary/aromatic N) is 5. The Morgan fingerprint density at radius 3 is 3.00 bits per heavy atom. The average molecular weight is 306 g/mol. The Bertz CT molecular complexity index is 863. The molecule has 3 heterocycles. The van der Waals surface area contributed by atoms with E-state index < -0.39 is 0 Å².